The normalized spacial score (nSPS) is 14.7. The van der Waals surface area contributed by atoms with Gasteiger partial charge in [-0.05, 0) is 44.8 Å². The third-order valence-corrected chi connectivity index (χ3v) is 3.33. The van der Waals surface area contributed by atoms with Gasteiger partial charge in [-0.25, -0.2) is 0 Å². The molecule has 0 bridgehead atoms. The van der Waals surface area contributed by atoms with Gasteiger partial charge in [0.15, 0.2) is 0 Å². The zero-order chi connectivity index (χ0) is 14.9. The summed E-state index contributed by atoms with van der Waals surface area (Å²) in [5, 5.41) is 3.47. The highest BCUT2D eigenvalue weighted by molar-refractivity contribution is 4.66. The second-order valence-electron chi connectivity index (χ2n) is 5.45. The Labute approximate surface area is 123 Å². The highest BCUT2D eigenvalue weighted by Crippen LogP contribution is 2.05. The van der Waals surface area contributed by atoms with E-state index in [0.29, 0.717) is 0 Å². The molecular formula is C17H40N2. The van der Waals surface area contributed by atoms with E-state index in [1.165, 1.54) is 64.8 Å². The van der Waals surface area contributed by atoms with Crippen molar-refractivity contribution < 1.29 is 0 Å². The highest BCUT2D eigenvalue weighted by Gasteiger charge is 2.09. The van der Waals surface area contributed by atoms with E-state index in [4.69, 9.17) is 0 Å². The molecule has 1 aliphatic heterocycles. The van der Waals surface area contributed by atoms with Crippen LogP contribution >= 0.6 is 0 Å². The number of likely N-dealkylation sites (tertiary alicyclic amines) is 1. The molecule has 2 heteroatoms. The van der Waals surface area contributed by atoms with Crippen LogP contribution in [0.1, 0.15) is 73.6 Å². The summed E-state index contributed by atoms with van der Waals surface area (Å²) in [5.41, 5.74) is 0. The number of hydrogen-bond acceptors (Lipinski definition) is 2. The van der Waals surface area contributed by atoms with E-state index in [1.54, 1.807) is 0 Å². The Morgan fingerprint density at radius 1 is 1.00 bits per heavy atom. The van der Waals surface area contributed by atoms with Gasteiger partial charge in [-0.1, -0.05) is 54.4 Å². The zero-order valence-electron chi connectivity index (χ0n) is 14.6. The monoisotopic (exact) mass is 272 g/mol. The summed E-state index contributed by atoms with van der Waals surface area (Å²) in [5.74, 6) is 0.884. The number of nitrogens with one attached hydrogen (secondary N) is 1. The van der Waals surface area contributed by atoms with Crippen LogP contribution in [0.25, 0.3) is 0 Å². The maximum Gasteiger partial charge on any atom is 0.0107 e. The second-order valence-corrected chi connectivity index (χ2v) is 5.45. The fourth-order valence-corrected chi connectivity index (χ4v) is 1.67. The minimum absolute atomic E-state index is 0.884. The van der Waals surface area contributed by atoms with E-state index < -0.39 is 0 Å². The molecule has 0 atom stereocenters. The Bertz CT molecular complexity index is 140. The quantitative estimate of drug-likeness (QED) is 0.684. The van der Waals surface area contributed by atoms with Gasteiger partial charge in [0, 0.05) is 13.1 Å². The highest BCUT2D eigenvalue weighted by atomic mass is 15.1. The SMILES string of the molecule is CC.CCC(C)C.CCCCNCCN1CCCC1. The third-order valence-electron chi connectivity index (χ3n) is 3.33. The van der Waals surface area contributed by atoms with Crippen molar-refractivity contribution in [2.24, 2.45) is 5.92 Å². The van der Waals surface area contributed by atoms with Crippen LogP contribution in [-0.4, -0.2) is 37.6 Å². The molecule has 2 nitrogen and oxygen atoms in total. The first-order valence-corrected chi connectivity index (χ1v) is 8.63. The van der Waals surface area contributed by atoms with Gasteiger partial charge in [-0.2, -0.15) is 0 Å². The molecule has 0 radical (unpaired) electrons. The Morgan fingerprint density at radius 2 is 1.53 bits per heavy atom. The maximum absolute atomic E-state index is 3.47. The lowest BCUT2D eigenvalue weighted by atomic mass is 10.2. The van der Waals surface area contributed by atoms with Gasteiger partial charge in [0.25, 0.3) is 0 Å². The molecular weight excluding hydrogens is 232 g/mol. The van der Waals surface area contributed by atoms with Crippen LogP contribution in [0.4, 0.5) is 0 Å². The number of unbranched alkanes of at least 4 members (excludes halogenated alkanes) is 1. The maximum atomic E-state index is 3.47. The molecule has 1 rings (SSSR count). The van der Waals surface area contributed by atoms with Crippen molar-refractivity contribution >= 4 is 0 Å². The van der Waals surface area contributed by atoms with Gasteiger partial charge in [0.1, 0.15) is 0 Å². The lowest BCUT2D eigenvalue weighted by Gasteiger charge is -2.14. The molecule has 0 aromatic carbocycles. The summed E-state index contributed by atoms with van der Waals surface area (Å²) in [6, 6.07) is 0. The molecule has 0 saturated carbocycles. The van der Waals surface area contributed by atoms with Crippen LogP contribution in [0.2, 0.25) is 0 Å². The van der Waals surface area contributed by atoms with Crippen LogP contribution in [-0.2, 0) is 0 Å². The summed E-state index contributed by atoms with van der Waals surface area (Å²) < 4.78 is 0. The van der Waals surface area contributed by atoms with Crippen molar-refractivity contribution in [3.05, 3.63) is 0 Å². The molecule has 0 aromatic rings. The summed E-state index contributed by atoms with van der Waals surface area (Å²) >= 11 is 0. The first-order chi connectivity index (χ1) is 9.20. The molecule has 1 saturated heterocycles. The third kappa shape index (κ3) is 17.9. The van der Waals surface area contributed by atoms with E-state index in [1.807, 2.05) is 13.8 Å². The molecule has 0 aliphatic carbocycles. The van der Waals surface area contributed by atoms with Gasteiger partial charge in [0.2, 0.25) is 0 Å². The summed E-state index contributed by atoms with van der Waals surface area (Å²) in [6.07, 6.45) is 6.75. The van der Waals surface area contributed by atoms with E-state index in [2.05, 4.69) is 37.9 Å². The number of nitrogens with zero attached hydrogens (tertiary/aromatic N) is 1. The van der Waals surface area contributed by atoms with E-state index >= 15 is 0 Å². The molecule has 0 unspecified atom stereocenters. The van der Waals surface area contributed by atoms with Gasteiger partial charge in [0.05, 0.1) is 0 Å². The smallest absolute Gasteiger partial charge is 0.0107 e. The van der Waals surface area contributed by atoms with Crippen molar-refractivity contribution in [1.82, 2.24) is 10.2 Å². The molecule has 0 aromatic heterocycles. The van der Waals surface area contributed by atoms with Crippen LogP contribution in [0.15, 0.2) is 0 Å². The van der Waals surface area contributed by atoms with Gasteiger partial charge in [-0.3, -0.25) is 0 Å². The molecule has 1 N–H and O–H groups in total. The predicted molar refractivity (Wildman–Crippen MR) is 89.9 cm³/mol. The first kappa shape index (κ1) is 21.2. The number of rotatable bonds is 7. The van der Waals surface area contributed by atoms with Crippen LogP contribution < -0.4 is 5.32 Å². The molecule has 1 fully saturated rings. The molecule has 0 spiro atoms. The molecule has 1 heterocycles. The lowest BCUT2D eigenvalue weighted by Crippen LogP contribution is -2.30. The average molecular weight is 273 g/mol. The number of hydrogen-bond donors (Lipinski definition) is 1. The average Bonchev–Trinajstić information content (AvgIpc) is 2.95. The summed E-state index contributed by atoms with van der Waals surface area (Å²) in [4.78, 5) is 2.55. The van der Waals surface area contributed by atoms with E-state index in [9.17, 15) is 0 Å². The molecule has 1 aliphatic rings. The molecule has 0 amide bonds. The van der Waals surface area contributed by atoms with E-state index in [0.717, 1.165) is 5.92 Å². The largest absolute Gasteiger partial charge is 0.315 e. The Hall–Kier alpha value is -0.0800. The predicted octanol–water partition coefficient (Wildman–Crippen LogP) is 4.55. The minimum Gasteiger partial charge on any atom is -0.315 e. The van der Waals surface area contributed by atoms with Gasteiger partial charge < -0.3 is 10.2 Å². The Balaban J connectivity index is 0. The fourth-order valence-electron chi connectivity index (χ4n) is 1.67. The first-order valence-electron chi connectivity index (χ1n) is 8.63. The zero-order valence-corrected chi connectivity index (χ0v) is 14.6. The minimum atomic E-state index is 0.884. The van der Waals surface area contributed by atoms with E-state index in [-0.39, 0.29) is 0 Å². The van der Waals surface area contributed by atoms with Gasteiger partial charge >= 0.3 is 0 Å². The van der Waals surface area contributed by atoms with Crippen molar-refractivity contribution in [2.75, 3.05) is 32.7 Å². The van der Waals surface area contributed by atoms with Crippen LogP contribution in [0, 0.1) is 5.92 Å². The fraction of sp³-hybridized carbons (Fsp3) is 1.00. The van der Waals surface area contributed by atoms with Crippen molar-refractivity contribution in [3.63, 3.8) is 0 Å². The topological polar surface area (TPSA) is 15.3 Å². The summed E-state index contributed by atoms with van der Waals surface area (Å²) in [6.45, 7) is 19.2. The van der Waals surface area contributed by atoms with Crippen molar-refractivity contribution in [1.29, 1.82) is 0 Å². The van der Waals surface area contributed by atoms with Crippen LogP contribution in [0.3, 0.4) is 0 Å². The van der Waals surface area contributed by atoms with Crippen molar-refractivity contribution in [2.45, 2.75) is 73.6 Å². The Kier molecular flexibility index (Phi) is 20.0. The second kappa shape index (κ2) is 17.9. The summed E-state index contributed by atoms with van der Waals surface area (Å²) in [7, 11) is 0. The van der Waals surface area contributed by atoms with Gasteiger partial charge in [-0.15, -0.1) is 0 Å². The Morgan fingerprint density at radius 3 is 1.95 bits per heavy atom. The molecule has 118 valence electrons. The standard InChI is InChI=1S/C10H22N2.C5H12.C2H6/c1-2-3-6-11-7-10-12-8-4-5-9-12;1-4-5(2)3;1-2/h11H,2-10H2,1H3;5H,4H2,1-3H3;1-2H3. The lowest BCUT2D eigenvalue weighted by molar-refractivity contribution is 0.336. The van der Waals surface area contributed by atoms with Crippen molar-refractivity contribution in [3.8, 4) is 0 Å². The molecule has 19 heavy (non-hydrogen) atoms. The van der Waals surface area contributed by atoms with Crippen LogP contribution in [0.5, 0.6) is 0 Å².